The van der Waals surface area contributed by atoms with Crippen LogP contribution in [-0.4, -0.2) is 11.7 Å². The molecule has 0 fully saturated rings. The Morgan fingerprint density at radius 2 is 1.82 bits per heavy atom. The summed E-state index contributed by atoms with van der Waals surface area (Å²) in [7, 11) is 0. The number of benzene rings is 2. The number of rotatable bonds is 4. The maximum absolute atomic E-state index is 13.7. The molecule has 1 aliphatic carbocycles. The summed E-state index contributed by atoms with van der Waals surface area (Å²) >= 11 is 1.63. The van der Waals surface area contributed by atoms with E-state index in [0.717, 1.165) is 10.6 Å². The van der Waals surface area contributed by atoms with E-state index in [2.05, 4.69) is 10.6 Å². The number of thiophene rings is 1. The van der Waals surface area contributed by atoms with Crippen molar-refractivity contribution < 1.29 is 18.4 Å². The van der Waals surface area contributed by atoms with E-state index >= 15 is 0 Å². The summed E-state index contributed by atoms with van der Waals surface area (Å²) < 4.78 is 27.4. The summed E-state index contributed by atoms with van der Waals surface area (Å²) in [6.07, 6.45) is 0.992. The van der Waals surface area contributed by atoms with Gasteiger partial charge >= 0.3 is 0 Å². The van der Waals surface area contributed by atoms with Gasteiger partial charge in [0.05, 0.1) is 0 Å². The number of hydrogen-bond acceptors (Lipinski definition) is 4. The third-order valence-electron chi connectivity index (χ3n) is 6.30. The fourth-order valence-corrected chi connectivity index (χ4v) is 5.65. The largest absolute Gasteiger partial charge is 0.362 e. The third kappa shape index (κ3) is 4.19. The Morgan fingerprint density at radius 3 is 2.53 bits per heavy atom. The first-order valence-electron chi connectivity index (χ1n) is 11.0. The van der Waals surface area contributed by atoms with Crippen LogP contribution in [0.5, 0.6) is 0 Å². The van der Waals surface area contributed by atoms with Gasteiger partial charge in [-0.25, -0.2) is 8.78 Å². The highest BCUT2D eigenvalue weighted by Gasteiger charge is 2.41. The molecule has 1 amide bonds. The lowest BCUT2D eigenvalue weighted by Crippen LogP contribution is -2.37. The van der Waals surface area contributed by atoms with Crippen molar-refractivity contribution in [2.75, 3.05) is 5.32 Å². The first-order valence-corrected chi connectivity index (χ1v) is 11.9. The van der Waals surface area contributed by atoms with Gasteiger partial charge in [-0.3, -0.25) is 9.59 Å². The second-order valence-corrected chi connectivity index (χ2v) is 9.53. The summed E-state index contributed by atoms with van der Waals surface area (Å²) in [6, 6.07) is 15.5. The van der Waals surface area contributed by atoms with E-state index in [1.807, 2.05) is 17.5 Å². The Kier molecular flexibility index (Phi) is 5.87. The zero-order chi connectivity index (χ0) is 23.8. The lowest BCUT2D eigenvalue weighted by Gasteiger charge is -2.36. The Morgan fingerprint density at radius 1 is 1.03 bits per heavy atom. The van der Waals surface area contributed by atoms with Crippen molar-refractivity contribution >= 4 is 28.7 Å². The molecule has 0 bridgehead atoms. The van der Waals surface area contributed by atoms with Gasteiger partial charge in [0, 0.05) is 51.4 Å². The number of carbonyl (C=O) groups excluding carboxylic acids is 2. The van der Waals surface area contributed by atoms with E-state index in [0.29, 0.717) is 40.9 Å². The van der Waals surface area contributed by atoms with Gasteiger partial charge < -0.3 is 10.6 Å². The molecule has 4 nitrogen and oxygen atoms in total. The molecule has 2 aliphatic rings. The molecule has 1 aliphatic heterocycles. The van der Waals surface area contributed by atoms with Gasteiger partial charge in [0.25, 0.3) is 5.91 Å². The molecule has 2 heterocycles. The number of Topliss-reactive ketones (excluding diaryl/α,β-unsaturated/α-hetero) is 1. The first-order chi connectivity index (χ1) is 16.4. The Balaban J connectivity index is 1.56. The summed E-state index contributed by atoms with van der Waals surface area (Å²) in [5, 5.41) is 8.07. The second kappa shape index (κ2) is 8.99. The van der Waals surface area contributed by atoms with Crippen LogP contribution in [0.4, 0.5) is 14.5 Å². The predicted octanol–water partition coefficient (Wildman–Crippen LogP) is 6.03. The van der Waals surface area contributed by atoms with Gasteiger partial charge in [-0.15, -0.1) is 11.3 Å². The minimum absolute atomic E-state index is 0.0370. The monoisotopic (exact) mass is 476 g/mol. The molecule has 2 N–H and O–H groups in total. The molecule has 0 saturated carbocycles. The van der Waals surface area contributed by atoms with E-state index in [1.54, 1.807) is 36.5 Å². The van der Waals surface area contributed by atoms with Crippen molar-refractivity contribution in [1.82, 2.24) is 5.32 Å². The van der Waals surface area contributed by atoms with Gasteiger partial charge in [-0.1, -0.05) is 24.3 Å². The maximum atomic E-state index is 13.7. The number of nitrogens with one attached hydrogen (secondary N) is 2. The van der Waals surface area contributed by atoms with E-state index in [-0.39, 0.29) is 11.7 Å². The maximum Gasteiger partial charge on any atom is 0.254 e. The van der Waals surface area contributed by atoms with Crippen LogP contribution in [0.25, 0.3) is 0 Å². The van der Waals surface area contributed by atoms with Crippen molar-refractivity contribution in [2.45, 2.75) is 31.6 Å². The zero-order valence-electron chi connectivity index (χ0n) is 18.4. The lowest BCUT2D eigenvalue weighted by molar-refractivity contribution is -0.116. The van der Waals surface area contributed by atoms with Crippen LogP contribution < -0.4 is 10.6 Å². The van der Waals surface area contributed by atoms with Crippen LogP contribution in [0.1, 0.15) is 42.0 Å². The molecule has 3 aromatic rings. The fourth-order valence-electron chi connectivity index (χ4n) is 4.82. The average Bonchev–Trinajstić information content (AvgIpc) is 3.33. The van der Waals surface area contributed by atoms with E-state index < -0.39 is 23.5 Å². The molecular formula is C27H22F2N2O2S. The summed E-state index contributed by atoms with van der Waals surface area (Å²) in [4.78, 5) is 28.1. The molecule has 2 atom stereocenters. The first kappa shape index (κ1) is 22.2. The molecule has 0 unspecified atom stereocenters. The number of dihydropyridines is 1. The van der Waals surface area contributed by atoms with Crippen molar-refractivity contribution in [1.29, 1.82) is 0 Å². The molecule has 0 radical (unpaired) electrons. The molecule has 0 saturated heterocycles. The highest BCUT2D eigenvalue weighted by Crippen LogP contribution is 2.46. The zero-order valence-corrected chi connectivity index (χ0v) is 19.2. The van der Waals surface area contributed by atoms with Gasteiger partial charge in [0.15, 0.2) is 5.78 Å². The molecule has 5 rings (SSSR count). The van der Waals surface area contributed by atoms with Crippen LogP contribution in [0.2, 0.25) is 0 Å². The van der Waals surface area contributed by atoms with Crippen molar-refractivity contribution in [2.24, 2.45) is 0 Å². The highest BCUT2D eigenvalue weighted by molar-refractivity contribution is 7.10. The number of hydrogen-bond donors (Lipinski definition) is 2. The molecule has 2 aromatic carbocycles. The van der Waals surface area contributed by atoms with Crippen LogP contribution in [0.3, 0.4) is 0 Å². The molecule has 34 heavy (non-hydrogen) atoms. The summed E-state index contributed by atoms with van der Waals surface area (Å²) in [6.45, 7) is 1.79. The number of halogens is 2. The highest BCUT2D eigenvalue weighted by atomic mass is 32.1. The molecular weight excluding hydrogens is 454 g/mol. The van der Waals surface area contributed by atoms with Crippen molar-refractivity contribution in [3.8, 4) is 0 Å². The standard InChI is InChI=1S/C27H22F2N2O2S/c1-15-24(27(33)31-20-5-2-4-19(29)14-20)25(16-7-9-18(28)10-8-16)26-21(30-15)12-17(13-22(26)32)23-6-3-11-34-23/h2-11,14,17,25,30H,12-13H2,1H3,(H,31,33)/t17-,25+/m1/s1. The van der Waals surface area contributed by atoms with Crippen molar-refractivity contribution in [3.63, 3.8) is 0 Å². The Bertz CT molecular complexity index is 1330. The topological polar surface area (TPSA) is 58.2 Å². The molecule has 7 heteroatoms. The molecule has 0 spiro atoms. The second-order valence-electron chi connectivity index (χ2n) is 8.55. The normalized spacial score (nSPS) is 20.1. The number of amides is 1. The minimum atomic E-state index is -0.651. The quantitative estimate of drug-likeness (QED) is 0.484. The van der Waals surface area contributed by atoms with Gasteiger partial charge in [-0.2, -0.15) is 0 Å². The van der Waals surface area contributed by atoms with Crippen molar-refractivity contribution in [3.05, 3.63) is 111 Å². The van der Waals surface area contributed by atoms with E-state index in [1.165, 1.54) is 30.3 Å². The Hall–Kier alpha value is -3.58. The minimum Gasteiger partial charge on any atom is -0.362 e. The summed E-state index contributed by atoms with van der Waals surface area (Å²) in [5.74, 6) is -1.92. The van der Waals surface area contributed by atoms with E-state index in [4.69, 9.17) is 0 Å². The van der Waals surface area contributed by atoms with E-state index in [9.17, 15) is 18.4 Å². The number of ketones is 1. The van der Waals surface area contributed by atoms with Crippen LogP contribution in [0, 0.1) is 11.6 Å². The van der Waals surface area contributed by atoms with Gasteiger partial charge in [0.1, 0.15) is 11.6 Å². The molecule has 1 aromatic heterocycles. The number of allylic oxidation sites excluding steroid dienone is 3. The predicted molar refractivity (Wildman–Crippen MR) is 128 cm³/mol. The summed E-state index contributed by atoms with van der Waals surface area (Å²) in [5.41, 5.74) is 3.27. The number of anilines is 1. The average molecular weight is 477 g/mol. The lowest BCUT2D eigenvalue weighted by atomic mass is 9.72. The SMILES string of the molecule is CC1=C(C(=O)Nc2cccc(F)c2)[C@H](c2ccc(F)cc2)C2=C(C[C@@H](c3cccs3)CC2=O)N1. The molecule has 172 valence electrons. The van der Waals surface area contributed by atoms with Gasteiger partial charge in [0.2, 0.25) is 0 Å². The van der Waals surface area contributed by atoms with Crippen LogP contribution >= 0.6 is 11.3 Å². The van der Waals surface area contributed by atoms with Gasteiger partial charge in [-0.05, 0) is 60.7 Å². The van der Waals surface area contributed by atoms with Crippen LogP contribution in [-0.2, 0) is 9.59 Å². The fraction of sp³-hybridized carbons (Fsp3) is 0.185. The smallest absolute Gasteiger partial charge is 0.254 e. The number of carbonyl (C=O) groups is 2. The third-order valence-corrected chi connectivity index (χ3v) is 7.34. The van der Waals surface area contributed by atoms with Crippen LogP contribution in [0.15, 0.2) is 88.6 Å². The Labute approximate surface area is 200 Å².